The van der Waals surface area contributed by atoms with E-state index in [1.807, 2.05) is 6.07 Å². The Morgan fingerprint density at radius 1 is 1.18 bits per heavy atom. The van der Waals surface area contributed by atoms with Crippen molar-refractivity contribution in [1.29, 1.82) is 0 Å². The molecule has 4 N–H and O–H groups in total. The second kappa shape index (κ2) is 9.27. The largest absolute Gasteiger partial charge is 0.393 e. The number of rotatable bonds is 6. The van der Waals surface area contributed by atoms with Crippen molar-refractivity contribution in [2.45, 2.75) is 44.8 Å². The molecule has 0 unspecified atom stereocenters. The van der Waals surface area contributed by atoms with Crippen molar-refractivity contribution in [3.8, 4) is 0 Å². The predicted molar refractivity (Wildman–Crippen MR) is 127 cm³/mol. The molecule has 4 aromatic rings. The number of aliphatic hydroxyl groups excluding tert-OH is 1. The van der Waals surface area contributed by atoms with Crippen LogP contribution in [0.25, 0.3) is 5.65 Å². The van der Waals surface area contributed by atoms with Crippen LogP contribution in [-0.2, 0) is 0 Å². The Kier molecular flexibility index (Phi) is 6.03. The number of aliphatic hydroxyl groups is 1. The van der Waals surface area contributed by atoms with Crippen molar-refractivity contribution in [1.82, 2.24) is 24.7 Å². The van der Waals surface area contributed by atoms with Crippen LogP contribution in [0.4, 0.5) is 23.0 Å². The van der Waals surface area contributed by atoms with Crippen molar-refractivity contribution in [2.24, 2.45) is 0 Å². The molecule has 0 aliphatic heterocycles. The van der Waals surface area contributed by atoms with Gasteiger partial charge in [0.2, 0.25) is 0 Å². The zero-order chi connectivity index (χ0) is 23.7. The first-order valence-corrected chi connectivity index (χ1v) is 11.3. The number of pyridine rings is 1. The zero-order valence-corrected chi connectivity index (χ0v) is 19.1. The smallest absolute Gasteiger partial charge is 0.276 e. The van der Waals surface area contributed by atoms with Gasteiger partial charge in [-0.05, 0) is 44.7 Å². The van der Waals surface area contributed by atoms with Crippen LogP contribution in [0, 0.1) is 6.92 Å². The van der Waals surface area contributed by atoms with Gasteiger partial charge in [0, 0.05) is 30.1 Å². The molecule has 0 radical (unpaired) electrons. The third-order valence-electron chi connectivity index (χ3n) is 5.62. The minimum absolute atomic E-state index is 0.162. The number of fused-ring (bicyclic) bond motifs is 1. The number of halogens is 1. The van der Waals surface area contributed by atoms with Gasteiger partial charge in [-0.2, -0.15) is 0 Å². The van der Waals surface area contributed by atoms with Crippen LogP contribution in [-0.4, -0.2) is 47.9 Å². The van der Waals surface area contributed by atoms with E-state index < -0.39 is 5.91 Å². The van der Waals surface area contributed by atoms with Gasteiger partial charge in [0.25, 0.3) is 5.91 Å². The summed E-state index contributed by atoms with van der Waals surface area (Å²) < 4.78 is 6.63. The number of aromatic nitrogens is 5. The summed E-state index contributed by atoms with van der Waals surface area (Å²) >= 11 is 5.93. The number of aryl methyl sites for hydroxylation is 1. The highest BCUT2D eigenvalue weighted by molar-refractivity contribution is 6.29. The van der Waals surface area contributed by atoms with Crippen LogP contribution >= 0.6 is 11.6 Å². The minimum Gasteiger partial charge on any atom is -0.393 e. The molecule has 12 heteroatoms. The van der Waals surface area contributed by atoms with E-state index in [4.69, 9.17) is 16.1 Å². The molecule has 0 aromatic carbocycles. The first-order chi connectivity index (χ1) is 16.4. The van der Waals surface area contributed by atoms with E-state index in [1.165, 1.54) is 16.9 Å². The van der Waals surface area contributed by atoms with Gasteiger partial charge in [-0.1, -0.05) is 16.8 Å². The number of nitrogens with one attached hydrogen (secondary N) is 3. The van der Waals surface area contributed by atoms with Crippen LogP contribution in [0.5, 0.6) is 0 Å². The Morgan fingerprint density at radius 3 is 2.74 bits per heavy atom. The SMILES string of the molecule is Cc1cc(Nc2cc(N[C@H]3CC[C@H](O)CC3)nn3c(C(=O)Nc4ccnc(Cl)c4)cnc23)no1. The second-order valence-electron chi connectivity index (χ2n) is 8.24. The predicted octanol–water partition coefficient (Wildman–Crippen LogP) is 3.79. The molecule has 0 saturated heterocycles. The molecule has 1 aliphatic rings. The highest BCUT2D eigenvalue weighted by atomic mass is 35.5. The van der Waals surface area contributed by atoms with Gasteiger partial charge < -0.3 is 25.6 Å². The summed E-state index contributed by atoms with van der Waals surface area (Å²) in [5.74, 6) is 1.34. The van der Waals surface area contributed by atoms with E-state index in [9.17, 15) is 9.90 Å². The lowest BCUT2D eigenvalue weighted by Gasteiger charge is -2.26. The summed E-state index contributed by atoms with van der Waals surface area (Å²) in [7, 11) is 0. The van der Waals surface area contributed by atoms with Crippen LogP contribution in [0.2, 0.25) is 5.15 Å². The maximum Gasteiger partial charge on any atom is 0.276 e. The van der Waals surface area contributed by atoms with Gasteiger partial charge in [0.15, 0.2) is 17.2 Å². The third-order valence-corrected chi connectivity index (χ3v) is 5.83. The Hall–Kier alpha value is -3.70. The lowest BCUT2D eigenvalue weighted by Crippen LogP contribution is -2.29. The standard InChI is InChI=1S/C22H23ClN8O3/c1-12-8-20(30-34-12)28-16-10-19(26-13-2-4-15(32)5-3-13)29-31-17(11-25-21(16)31)22(33)27-14-6-7-24-18(23)9-14/h6-11,13,15,32H,2-5H2,1H3,(H,26,29)(H,28,30)(H,24,27,33)/t13-,15-. The minimum atomic E-state index is -0.400. The lowest BCUT2D eigenvalue weighted by molar-refractivity contribution is 0.102. The van der Waals surface area contributed by atoms with Crippen LogP contribution < -0.4 is 16.0 Å². The molecule has 5 rings (SSSR count). The number of amides is 1. The average Bonchev–Trinajstić information content (AvgIpc) is 3.41. The number of hydrogen-bond donors (Lipinski definition) is 4. The highest BCUT2D eigenvalue weighted by Crippen LogP contribution is 2.27. The highest BCUT2D eigenvalue weighted by Gasteiger charge is 2.22. The number of anilines is 4. The number of carbonyl (C=O) groups excluding carboxylic acids is 1. The maximum atomic E-state index is 13.0. The van der Waals surface area contributed by atoms with Crippen molar-refractivity contribution < 1.29 is 14.4 Å². The summed E-state index contributed by atoms with van der Waals surface area (Å²) in [4.78, 5) is 21.4. The Labute approximate surface area is 199 Å². The molecule has 4 heterocycles. The van der Waals surface area contributed by atoms with Gasteiger partial charge in [-0.3, -0.25) is 4.79 Å². The Bertz CT molecular complexity index is 1330. The van der Waals surface area contributed by atoms with E-state index >= 15 is 0 Å². The summed E-state index contributed by atoms with van der Waals surface area (Å²) in [5, 5.41) is 28.1. The van der Waals surface area contributed by atoms with Gasteiger partial charge in [-0.15, -0.1) is 5.10 Å². The molecule has 0 bridgehead atoms. The normalized spacial score (nSPS) is 18.1. The fraction of sp³-hybridized carbons (Fsp3) is 0.318. The summed E-state index contributed by atoms with van der Waals surface area (Å²) in [6.07, 6.45) is 5.83. The Morgan fingerprint density at radius 2 is 2.00 bits per heavy atom. The van der Waals surface area contributed by atoms with Gasteiger partial charge in [-0.25, -0.2) is 14.5 Å². The monoisotopic (exact) mass is 482 g/mol. The maximum absolute atomic E-state index is 13.0. The molecule has 34 heavy (non-hydrogen) atoms. The topological polar surface area (TPSA) is 142 Å². The quantitative estimate of drug-likeness (QED) is 0.302. The molecule has 0 atom stereocenters. The third kappa shape index (κ3) is 4.80. The molecule has 1 amide bonds. The first kappa shape index (κ1) is 22.1. The first-order valence-electron chi connectivity index (χ1n) is 10.9. The van der Waals surface area contributed by atoms with Crippen molar-refractivity contribution in [2.75, 3.05) is 16.0 Å². The zero-order valence-electron chi connectivity index (χ0n) is 18.3. The van der Waals surface area contributed by atoms with E-state index in [-0.39, 0.29) is 23.0 Å². The van der Waals surface area contributed by atoms with E-state index in [0.29, 0.717) is 34.4 Å². The summed E-state index contributed by atoms with van der Waals surface area (Å²) in [5.41, 5.74) is 1.80. The van der Waals surface area contributed by atoms with Crippen molar-refractivity contribution in [3.63, 3.8) is 0 Å². The molecule has 11 nitrogen and oxygen atoms in total. The van der Waals surface area contributed by atoms with Crippen LogP contribution in [0.1, 0.15) is 41.9 Å². The molecule has 1 aliphatic carbocycles. The van der Waals surface area contributed by atoms with Gasteiger partial charge in [0.05, 0.1) is 18.0 Å². The number of hydrogen-bond acceptors (Lipinski definition) is 9. The Balaban J connectivity index is 1.49. The molecule has 1 fully saturated rings. The van der Waals surface area contributed by atoms with Crippen LogP contribution in [0.3, 0.4) is 0 Å². The summed E-state index contributed by atoms with van der Waals surface area (Å²) in [6, 6.07) is 6.94. The van der Waals surface area contributed by atoms with Crippen LogP contribution in [0.15, 0.2) is 41.2 Å². The number of nitrogens with zero attached hydrogens (tertiary/aromatic N) is 5. The molecule has 4 aromatic heterocycles. The average molecular weight is 483 g/mol. The van der Waals surface area contributed by atoms with Gasteiger partial charge in [0.1, 0.15) is 16.7 Å². The lowest BCUT2D eigenvalue weighted by atomic mass is 9.93. The molecule has 0 spiro atoms. The number of carbonyl (C=O) groups is 1. The molecular weight excluding hydrogens is 460 g/mol. The number of imidazole rings is 1. The fourth-order valence-electron chi connectivity index (χ4n) is 3.95. The summed E-state index contributed by atoms with van der Waals surface area (Å²) in [6.45, 7) is 1.80. The van der Waals surface area contributed by atoms with Crippen molar-refractivity contribution in [3.05, 3.63) is 53.3 Å². The van der Waals surface area contributed by atoms with E-state index in [2.05, 4.69) is 36.2 Å². The van der Waals surface area contributed by atoms with Crippen molar-refractivity contribution >= 4 is 46.2 Å². The molecule has 176 valence electrons. The molecular formula is C22H23ClN8O3. The van der Waals surface area contributed by atoms with E-state index in [1.54, 1.807) is 25.1 Å². The molecule has 1 saturated carbocycles. The fourth-order valence-corrected chi connectivity index (χ4v) is 4.13. The van der Waals surface area contributed by atoms with Gasteiger partial charge >= 0.3 is 0 Å². The van der Waals surface area contributed by atoms with E-state index in [0.717, 1.165) is 25.7 Å². The second-order valence-corrected chi connectivity index (χ2v) is 8.63.